The summed E-state index contributed by atoms with van der Waals surface area (Å²) in [6.07, 6.45) is 3.98. The molecule has 0 saturated carbocycles. The first-order chi connectivity index (χ1) is 14.0. The van der Waals surface area contributed by atoms with Crippen molar-refractivity contribution in [1.29, 1.82) is 0 Å². The maximum Gasteiger partial charge on any atom is 0.268 e. The Hall–Kier alpha value is -2.74. The van der Waals surface area contributed by atoms with Gasteiger partial charge in [-0.1, -0.05) is 42.5 Å². The van der Waals surface area contributed by atoms with Crippen LogP contribution < -0.4 is 5.73 Å². The zero-order valence-electron chi connectivity index (χ0n) is 16.4. The Morgan fingerprint density at radius 2 is 1.97 bits per heavy atom. The van der Waals surface area contributed by atoms with Crippen LogP contribution >= 0.6 is 23.7 Å². The van der Waals surface area contributed by atoms with Gasteiger partial charge in [0.2, 0.25) is 0 Å². The predicted molar refractivity (Wildman–Crippen MR) is 122 cm³/mol. The van der Waals surface area contributed by atoms with E-state index in [2.05, 4.69) is 29.2 Å². The number of amides is 1. The average molecular weight is 443 g/mol. The molecule has 0 aliphatic rings. The standard InChI is InChI=1S/C22H22N4O2S.ClH/c1-14(27)18(26-12-17(21(23)28)24-13-26)11-10-15-8-5-9-19-20(15)25-22(29-19)16-6-3-2-4-7-16;/h2-9,12-14,18,27H,10-11H2,1H3,(H2,23,28);1H/t14-,18+;/m0./s1. The highest BCUT2D eigenvalue weighted by Crippen LogP contribution is 2.32. The highest BCUT2D eigenvalue weighted by molar-refractivity contribution is 7.21. The van der Waals surface area contributed by atoms with Crippen molar-refractivity contribution in [2.24, 2.45) is 5.73 Å². The fourth-order valence-corrected chi connectivity index (χ4v) is 4.52. The molecule has 2 heterocycles. The number of benzene rings is 2. The number of nitrogens with two attached hydrogens (primary N) is 1. The topological polar surface area (TPSA) is 94.0 Å². The van der Waals surface area contributed by atoms with E-state index in [1.165, 1.54) is 0 Å². The summed E-state index contributed by atoms with van der Waals surface area (Å²) in [5, 5.41) is 11.3. The van der Waals surface area contributed by atoms with Gasteiger partial charge in [-0.15, -0.1) is 23.7 Å². The number of carbonyl (C=O) groups excluding carboxylic acids is 1. The molecule has 0 bridgehead atoms. The number of primary amides is 1. The van der Waals surface area contributed by atoms with Crippen molar-refractivity contribution in [1.82, 2.24) is 14.5 Å². The molecular formula is C22H23ClN4O2S. The lowest BCUT2D eigenvalue weighted by atomic mass is 10.0. The maximum absolute atomic E-state index is 11.3. The fraction of sp³-hybridized carbons (Fsp3) is 0.227. The van der Waals surface area contributed by atoms with Crippen molar-refractivity contribution in [2.45, 2.75) is 31.9 Å². The van der Waals surface area contributed by atoms with Crippen LogP contribution in [-0.4, -0.2) is 31.7 Å². The molecule has 156 valence electrons. The molecule has 0 fully saturated rings. The largest absolute Gasteiger partial charge is 0.391 e. The number of para-hydroxylation sites is 1. The van der Waals surface area contributed by atoms with Crippen molar-refractivity contribution in [2.75, 3.05) is 0 Å². The normalized spacial score (nSPS) is 13.0. The summed E-state index contributed by atoms with van der Waals surface area (Å²) in [6, 6.07) is 16.2. The molecule has 4 aromatic rings. The van der Waals surface area contributed by atoms with Gasteiger partial charge in [-0.25, -0.2) is 9.97 Å². The van der Waals surface area contributed by atoms with Gasteiger partial charge in [-0.2, -0.15) is 0 Å². The lowest BCUT2D eigenvalue weighted by Gasteiger charge is -2.21. The smallest absolute Gasteiger partial charge is 0.268 e. The Labute approximate surface area is 184 Å². The molecular weight excluding hydrogens is 420 g/mol. The Bertz CT molecular complexity index is 1140. The van der Waals surface area contributed by atoms with E-state index in [9.17, 15) is 9.90 Å². The van der Waals surface area contributed by atoms with E-state index in [0.29, 0.717) is 6.42 Å². The highest BCUT2D eigenvalue weighted by atomic mass is 35.5. The average Bonchev–Trinajstić information content (AvgIpc) is 3.36. The van der Waals surface area contributed by atoms with Crippen LogP contribution in [0.5, 0.6) is 0 Å². The van der Waals surface area contributed by atoms with E-state index in [1.807, 2.05) is 24.3 Å². The summed E-state index contributed by atoms with van der Waals surface area (Å²) in [5.74, 6) is -0.575. The molecule has 0 saturated heterocycles. The first-order valence-electron chi connectivity index (χ1n) is 9.48. The number of aliphatic hydroxyl groups is 1. The van der Waals surface area contributed by atoms with Crippen LogP contribution in [0.2, 0.25) is 0 Å². The van der Waals surface area contributed by atoms with Gasteiger partial charge >= 0.3 is 0 Å². The second kappa shape index (κ2) is 9.38. The quantitative estimate of drug-likeness (QED) is 0.447. The number of nitrogens with zero attached hydrogens (tertiary/aromatic N) is 3. The summed E-state index contributed by atoms with van der Waals surface area (Å²) in [4.78, 5) is 20.2. The molecule has 2 aromatic heterocycles. The molecule has 6 nitrogen and oxygen atoms in total. The van der Waals surface area contributed by atoms with Gasteiger partial charge in [0.1, 0.15) is 10.7 Å². The van der Waals surface area contributed by atoms with Crippen molar-refractivity contribution in [3.05, 3.63) is 72.3 Å². The molecule has 0 aliphatic carbocycles. The number of hydrogen-bond acceptors (Lipinski definition) is 5. The van der Waals surface area contributed by atoms with Crippen LogP contribution in [0.25, 0.3) is 20.8 Å². The number of fused-ring (bicyclic) bond motifs is 1. The second-order valence-electron chi connectivity index (χ2n) is 7.07. The summed E-state index contributed by atoms with van der Waals surface area (Å²) in [7, 11) is 0. The predicted octanol–water partition coefficient (Wildman–Crippen LogP) is 4.24. The Morgan fingerprint density at radius 3 is 2.63 bits per heavy atom. The first kappa shape index (κ1) is 22.0. The lowest BCUT2D eigenvalue weighted by Crippen LogP contribution is -2.21. The van der Waals surface area contributed by atoms with Crippen LogP contribution in [0.3, 0.4) is 0 Å². The van der Waals surface area contributed by atoms with Crippen molar-refractivity contribution < 1.29 is 9.90 Å². The first-order valence-corrected chi connectivity index (χ1v) is 10.3. The van der Waals surface area contributed by atoms with Crippen LogP contribution in [-0.2, 0) is 6.42 Å². The van der Waals surface area contributed by atoms with Gasteiger partial charge in [-0.05, 0) is 31.4 Å². The summed E-state index contributed by atoms with van der Waals surface area (Å²) >= 11 is 1.68. The number of rotatable bonds is 7. The maximum atomic E-state index is 11.3. The zero-order valence-corrected chi connectivity index (χ0v) is 18.1. The Morgan fingerprint density at radius 1 is 1.20 bits per heavy atom. The molecule has 0 radical (unpaired) electrons. The number of aliphatic hydroxyl groups excluding tert-OH is 1. The minimum Gasteiger partial charge on any atom is -0.391 e. The minimum absolute atomic E-state index is 0. The van der Waals surface area contributed by atoms with Crippen molar-refractivity contribution >= 4 is 39.9 Å². The molecule has 0 unspecified atom stereocenters. The molecule has 4 rings (SSSR count). The number of carbonyl (C=O) groups is 1. The zero-order chi connectivity index (χ0) is 20.4. The van der Waals surface area contributed by atoms with Gasteiger partial charge in [-0.3, -0.25) is 4.79 Å². The number of hydrogen-bond donors (Lipinski definition) is 2. The van der Waals surface area contributed by atoms with Gasteiger partial charge in [0, 0.05) is 11.8 Å². The minimum atomic E-state index is -0.598. The number of aromatic nitrogens is 3. The number of imidazole rings is 1. The van der Waals surface area contributed by atoms with E-state index < -0.39 is 12.0 Å². The van der Waals surface area contributed by atoms with Gasteiger partial charge in [0.25, 0.3) is 5.91 Å². The van der Waals surface area contributed by atoms with Crippen LogP contribution in [0.4, 0.5) is 0 Å². The summed E-state index contributed by atoms with van der Waals surface area (Å²) in [6.45, 7) is 1.74. The fourth-order valence-electron chi connectivity index (χ4n) is 3.50. The van der Waals surface area contributed by atoms with Crippen molar-refractivity contribution in [3.8, 4) is 10.6 Å². The number of thiazole rings is 1. The second-order valence-corrected chi connectivity index (χ2v) is 8.10. The third-order valence-electron chi connectivity index (χ3n) is 5.03. The SMILES string of the molecule is C[C@H](O)[C@@H](CCc1cccc2sc(-c3ccccc3)nc12)n1cnc(C(N)=O)c1.Cl. The molecule has 3 N–H and O–H groups in total. The van der Waals surface area contributed by atoms with E-state index in [4.69, 9.17) is 10.7 Å². The number of aryl methyl sites for hydroxylation is 1. The third kappa shape index (κ3) is 4.53. The molecule has 1 amide bonds. The monoisotopic (exact) mass is 442 g/mol. The molecule has 0 aliphatic heterocycles. The summed E-state index contributed by atoms with van der Waals surface area (Å²) < 4.78 is 2.91. The lowest BCUT2D eigenvalue weighted by molar-refractivity contribution is 0.0994. The van der Waals surface area contributed by atoms with E-state index in [-0.39, 0.29) is 24.1 Å². The molecule has 8 heteroatoms. The Kier molecular flexibility index (Phi) is 6.87. The van der Waals surface area contributed by atoms with E-state index in [0.717, 1.165) is 32.8 Å². The molecule has 2 atom stereocenters. The van der Waals surface area contributed by atoms with Gasteiger partial charge < -0.3 is 15.4 Å². The van der Waals surface area contributed by atoms with Gasteiger partial charge in [0.05, 0.1) is 28.7 Å². The van der Waals surface area contributed by atoms with Gasteiger partial charge in [0.15, 0.2) is 0 Å². The Balaban J connectivity index is 0.00000256. The van der Waals surface area contributed by atoms with Crippen LogP contribution in [0, 0.1) is 0 Å². The molecule has 0 spiro atoms. The molecule has 30 heavy (non-hydrogen) atoms. The van der Waals surface area contributed by atoms with E-state index >= 15 is 0 Å². The summed E-state index contributed by atoms with van der Waals surface area (Å²) in [5.41, 5.74) is 8.75. The number of halogens is 1. The van der Waals surface area contributed by atoms with E-state index in [1.54, 1.807) is 35.4 Å². The molecule has 2 aromatic carbocycles. The van der Waals surface area contributed by atoms with Crippen molar-refractivity contribution in [3.63, 3.8) is 0 Å². The van der Waals surface area contributed by atoms with Crippen LogP contribution in [0.15, 0.2) is 61.1 Å². The third-order valence-corrected chi connectivity index (χ3v) is 6.10. The highest BCUT2D eigenvalue weighted by Gasteiger charge is 2.19. The van der Waals surface area contributed by atoms with Crippen LogP contribution in [0.1, 0.15) is 35.4 Å².